The highest BCUT2D eigenvalue weighted by Gasteiger charge is 2.19. The summed E-state index contributed by atoms with van der Waals surface area (Å²) in [6, 6.07) is 6.75. The van der Waals surface area contributed by atoms with Crippen LogP contribution in [-0.4, -0.2) is 62.1 Å². The Balaban J connectivity index is 0.00000264. The van der Waals surface area contributed by atoms with E-state index in [0.717, 1.165) is 56.7 Å². The van der Waals surface area contributed by atoms with Gasteiger partial charge >= 0.3 is 0 Å². The molecule has 0 unspecified atom stereocenters. The molecule has 1 aromatic rings. The zero-order valence-electron chi connectivity index (χ0n) is 13.8. The van der Waals surface area contributed by atoms with Gasteiger partial charge in [-0.3, -0.25) is 4.99 Å². The van der Waals surface area contributed by atoms with E-state index in [1.54, 1.807) is 0 Å². The zero-order valence-corrected chi connectivity index (χ0v) is 16.9. The lowest BCUT2D eigenvalue weighted by Crippen LogP contribution is -2.52. The molecule has 1 aromatic carbocycles. The second kappa shape index (κ2) is 11.0. The number of aliphatic imine (C=N–C) groups is 1. The minimum absolute atomic E-state index is 0. The van der Waals surface area contributed by atoms with Crippen molar-refractivity contribution < 1.29 is 4.39 Å². The summed E-state index contributed by atoms with van der Waals surface area (Å²) in [6.45, 7) is 7.55. The van der Waals surface area contributed by atoms with Gasteiger partial charge in [-0.25, -0.2) is 4.39 Å². The summed E-state index contributed by atoms with van der Waals surface area (Å²) in [7, 11) is 0. The number of guanidine groups is 1. The second-order valence-electron chi connectivity index (χ2n) is 5.18. The van der Waals surface area contributed by atoms with Crippen molar-refractivity contribution in [2.24, 2.45) is 4.99 Å². The molecule has 1 N–H and O–H groups in total. The number of halogens is 2. The van der Waals surface area contributed by atoms with Gasteiger partial charge in [0.05, 0.1) is 6.54 Å². The first kappa shape index (κ1) is 20.3. The Bertz CT molecular complexity index is 475. The van der Waals surface area contributed by atoms with Crippen molar-refractivity contribution in [3.63, 3.8) is 0 Å². The van der Waals surface area contributed by atoms with Crippen LogP contribution in [0.4, 0.5) is 10.1 Å². The molecule has 0 spiro atoms. The molecule has 0 aliphatic carbocycles. The first-order valence-electron chi connectivity index (χ1n) is 7.77. The summed E-state index contributed by atoms with van der Waals surface area (Å²) in [4.78, 5) is 9.28. The molecular weight excluding hydrogens is 426 g/mol. The van der Waals surface area contributed by atoms with Crippen molar-refractivity contribution in [1.82, 2.24) is 10.2 Å². The highest BCUT2D eigenvalue weighted by atomic mass is 127. The highest BCUT2D eigenvalue weighted by molar-refractivity contribution is 14.0. The van der Waals surface area contributed by atoms with E-state index in [1.807, 2.05) is 23.9 Å². The highest BCUT2D eigenvalue weighted by Crippen LogP contribution is 2.16. The summed E-state index contributed by atoms with van der Waals surface area (Å²) in [5, 5.41) is 3.37. The number of hydrogen-bond donors (Lipinski definition) is 1. The monoisotopic (exact) mass is 452 g/mol. The molecule has 1 heterocycles. The van der Waals surface area contributed by atoms with Crippen molar-refractivity contribution in [2.75, 3.05) is 56.2 Å². The third kappa shape index (κ3) is 6.37. The minimum atomic E-state index is -0.183. The SMILES string of the molecule is CCNC(=NCCSC)N1CCN(c2ccc(F)cc2)CC1.I. The Hall–Kier alpha value is -0.700. The van der Waals surface area contributed by atoms with Gasteiger partial charge in [-0.1, -0.05) is 0 Å². The van der Waals surface area contributed by atoms with E-state index >= 15 is 0 Å². The largest absolute Gasteiger partial charge is 0.368 e. The first-order valence-corrected chi connectivity index (χ1v) is 9.16. The van der Waals surface area contributed by atoms with Crippen molar-refractivity contribution >= 4 is 47.4 Å². The van der Waals surface area contributed by atoms with Crippen LogP contribution in [0.5, 0.6) is 0 Å². The van der Waals surface area contributed by atoms with Crippen LogP contribution in [0.2, 0.25) is 0 Å². The van der Waals surface area contributed by atoms with E-state index < -0.39 is 0 Å². The molecule has 0 amide bonds. The maximum atomic E-state index is 13.0. The minimum Gasteiger partial charge on any atom is -0.368 e. The van der Waals surface area contributed by atoms with Gasteiger partial charge in [0, 0.05) is 44.2 Å². The van der Waals surface area contributed by atoms with Gasteiger partial charge in [0.25, 0.3) is 0 Å². The third-order valence-corrected chi connectivity index (χ3v) is 4.25. The predicted octanol–water partition coefficient (Wildman–Crippen LogP) is 2.89. The van der Waals surface area contributed by atoms with Crippen LogP contribution in [0, 0.1) is 5.82 Å². The molecule has 2 rings (SSSR count). The van der Waals surface area contributed by atoms with Crippen LogP contribution >= 0.6 is 35.7 Å². The van der Waals surface area contributed by atoms with Gasteiger partial charge in [0.2, 0.25) is 0 Å². The molecule has 0 bridgehead atoms. The van der Waals surface area contributed by atoms with Crippen molar-refractivity contribution in [1.29, 1.82) is 0 Å². The predicted molar refractivity (Wildman–Crippen MR) is 110 cm³/mol. The van der Waals surface area contributed by atoms with Gasteiger partial charge < -0.3 is 15.1 Å². The number of hydrogen-bond acceptors (Lipinski definition) is 3. The number of nitrogens with zero attached hydrogens (tertiary/aromatic N) is 3. The van der Waals surface area contributed by atoms with Crippen LogP contribution in [-0.2, 0) is 0 Å². The number of rotatable bonds is 5. The molecular formula is C16H26FIN4S. The standard InChI is InChI=1S/C16H25FN4S.HI/c1-3-18-16(19-8-13-22-2)21-11-9-20(10-12-21)15-6-4-14(17)5-7-15;/h4-7H,3,8-13H2,1-2H3,(H,18,19);1H. The smallest absolute Gasteiger partial charge is 0.194 e. The van der Waals surface area contributed by atoms with Crippen molar-refractivity contribution in [2.45, 2.75) is 6.92 Å². The van der Waals surface area contributed by atoms with Crippen LogP contribution in [0.1, 0.15) is 6.92 Å². The number of benzene rings is 1. The molecule has 23 heavy (non-hydrogen) atoms. The van der Waals surface area contributed by atoms with Crippen LogP contribution in [0.3, 0.4) is 0 Å². The topological polar surface area (TPSA) is 30.9 Å². The average molecular weight is 452 g/mol. The molecule has 1 saturated heterocycles. The molecule has 0 radical (unpaired) electrons. The molecule has 4 nitrogen and oxygen atoms in total. The van der Waals surface area contributed by atoms with E-state index in [1.165, 1.54) is 12.1 Å². The van der Waals surface area contributed by atoms with Crippen LogP contribution < -0.4 is 10.2 Å². The normalized spacial score (nSPS) is 15.3. The number of nitrogens with one attached hydrogen (secondary N) is 1. The van der Waals surface area contributed by atoms with Crippen LogP contribution in [0.25, 0.3) is 0 Å². The molecule has 1 aliphatic rings. The summed E-state index contributed by atoms with van der Waals surface area (Å²) in [6.07, 6.45) is 2.10. The van der Waals surface area contributed by atoms with E-state index in [0.29, 0.717) is 0 Å². The van der Waals surface area contributed by atoms with Gasteiger partial charge in [-0.05, 0) is 37.4 Å². The summed E-state index contributed by atoms with van der Waals surface area (Å²) >= 11 is 1.81. The lowest BCUT2D eigenvalue weighted by molar-refractivity contribution is 0.373. The zero-order chi connectivity index (χ0) is 15.8. The molecule has 0 saturated carbocycles. The molecule has 0 atom stereocenters. The lowest BCUT2D eigenvalue weighted by Gasteiger charge is -2.37. The second-order valence-corrected chi connectivity index (χ2v) is 6.16. The van der Waals surface area contributed by atoms with Crippen molar-refractivity contribution in [3.8, 4) is 0 Å². The van der Waals surface area contributed by atoms with Gasteiger partial charge in [-0.15, -0.1) is 24.0 Å². The first-order chi connectivity index (χ1) is 10.7. The Morgan fingerprint density at radius 1 is 1.22 bits per heavy atom. The number of thioether (sulfide) groups is 1. The van der Waals surface area contributed by atoms with Gasteiger partial charge in [0.15, 0.2) is 5.96 Å². The summed E-state index contributed by atoms with van der Waals surface area (Å²) in [5.74, 6) is 1.87. The number of piperazine rings is 1. The lowest BCUT2D eigenvalue weighted by atomic mass is 10.2. The third-order valence-electron chi connectivity index (χ3n) is 3.66. The Labute approximate surface area is 159 Å². The number of anilines is 1. The maximum Gasteiger partial charge on any atom is 0.194 e. The molecule has 1 fully saturated rings. The van der Waals surface area contributed by atoms with E-state index in [9.17, 15) is 4.39 Å². The Kier molecular flexibility index (Phi) is 9.69. The quantitative estimate of drug-likeness (QED) is 0.322. The van der Waals surface area contributed by atoms with Gasteiger partial charge in [0.1, 0.15) is 5.82 Å². The summed E-state index contributed by atoms with van der Waals surface area (Å²) in [5.41, 5.74) is 1.09. The van der Waals surface area contributed by atoms with Crippen LogP contribution in [0.15, 0.2) is 29.3 Å². The molecule has 7 heteroatoms. The van der Waals surface area contributed by atoms with E-state index in [4.69, 9.17) is 0 Å². The average Bonchev–Trinajstić information content (AvgIpc) is 2.55. The summed E-state index contributed by atoms with van der Waals surface area (Å²) < 4.78 is 13.0. The molecule has 130 valence electrons. The fraction of sp³-hybridized carbons (Fsp3) is 0.562. The van der Waals surface area contributed by atoms with Gasteiger partial charge in [-0.2, -0.15) is 11.8 Å². The van der Waals surface area contributed by atoms with E-state index in [2.05, 4.69) is 33.3 Å². The molecule has 1 aliphatic heterocycles. The van der Waals surface area contributed by atoms with Crippen molar-refractivity contribution in [3.05, 3.63) is 30.1 Å². The molecule has 0 aromatic heterocycles. The van der Waals surface area contributed by atoms with E-state index in [-0.39, 0.29) is 29.8 Å². The fourth-order valence-electron chi connectivity index (χ4n) is 2.50. The Morgan fingerprint density at radius 3 is 2.43 bits per heavy atom. The fourth-order valence-corrected chi connectivity index (χ4v) is 2.77. The maximum absolute atomic E-state index is 13.0. The Morgan fingerprint density at radius 2 is 1.87 bits per heavy atom.